The van der Waals surface area contributed by atoms with Crippen LogP contribution in [0.3, 0.4) is 0 Å². The second kappa shape index (κ2) is 11.3. The number of halogens is 2. The van der Waals surface area contributed by atoms with E-state index in [9.17, 15) is 9.59 Å². The fourth-order valence-electron chi connectivity index (χ4n) is 2.69. The Morgan fingerprint density at radius 1 is 1.14 bits per heavy atom. The highest BCUT2D eigenvalue weighted by atomic mass is 35.5. The van der Waals surface area contributed by atoms with Crippen LogP contribution in [0.4, 0.5) is 0 Å². The smallest absolute Gasteiger partial charge is 0.242 e. The van der Waals surface area contributed by atoms with Crippen molar-refractivity contribution in [3.63, 3.8) is 0 Å². The zero-order valence-corrected chi connectivity index (χ0v) is 18.3. The number of carbonyl (C=O) groups excluding carboxylic acids is 2. The van der Waals surface area contributed by atoms with E-state index in [0.717, 1.165) is 11.3 Å². The average molecular weight is 439 g/mol. The number of hydrogen-bond acceptors (Lipinski definition) is 3. The van der Waals surface area contributed by atoms with Crippen molar-refractivity contribution >= 4 is 46.8 Å². The molecule has 0 heterocycles. The minimum absolute atomic E-state index is 0.0809. The van der Waals surface area contributed by atoms with Crippen LogP contribution in [0.1, 0.15) is 24.5 Å². The van der Waals surface area contributed by atoms with E-state index in [1.165, 1.54) is 5.56 Å². The Kier molecular flexibility index (Phi) is 9.16. The molecule has 2 aromatic carbocycles. The van der Waals surface area contributed by atoms with Crippen molar-refractivity contribution in [2.24, 2.45) is 0 Å². The average Bonchev–Trinajstić information content (AvgIpc) is 2.70. The van der Waals surface area contributed by atoms with Crippen molar-refractivity contribution in [1.82, 2.24) is 10.2 Å². The number of carbonyl (C=O) groups is 2. The van der Waals surface area contributed by atoms with Gasteiger partial charge in [-0.25, -0.2) is 0 Å². The molecule has 0 aromatic heterocycles. The summed E-state index contributed by atoms with van der Waals surface area (Å²) in [5.74, 6) is 1.24. The van der Waals surface area contributed by atoms with Gasteiger partial charge in [0.15, 0.2) is 0 Å². The van der Waals surface area contributed by atoms with E-state index in [-0.39, 0.29) is 18.4 Å². The molecule has 0 aliphatic carbocycles. The van der Waals surface area contributed by atoms with Crippen molar-refractivity contribution in [2.75, 3.05) is 12.8 Å². The lowest BCUT2D eigenvalue weighted by Crippen LogP contribution is -2.46. The molecule has 2 aromatic rings. The van der Waals surface area contributed by atoms with Crippen LogP contribution >= 0.6 is 35.0 Å². The minimum Gasteiger partial charge on any atom is -0.357 e. The highest BCUT2D eigenvalue weighted by Gasteiger charge is 2.25. The molecule has 0 aliphatic heterocycles. The largest absolute Gasteiger partial charge is 0.357 e. The van der Waals surface area contributed by atoms with Crippen molar-refractivity contribution in [3.8, 4) is 0 Å². The summed E-state index contributed by atoms with van der Waals surface area (Å²) in [5, 5.41) is 3.62. The number of hydrogen-bond donors (Lipinski definition) is 1. The zero-order chi connectivity index (χ0) is 20.5. The van der Waals surface area contributed by atoms with Crippen LogP contribution in [0.15, 0.2) is 48.5 Å². The Labute approximate surface area is 180 Å². The van der Waals surface area contributed by atoms with Crippen LogP contribution in [-0.4, -0.2) is 35.6 Å². The van der Waals surface area contributed by atoms with Crippen LogP contribution in [-0.2, 0) is 21.9 Å². The molecule has 0 bridgehead atoms. The van der Waals surface area contributed by atoms with Gasteiger partial charge in [0.05, 0.1) is 0 Å². The van der Waals surface area contributed by atoms with Gasteiger partial charge in [-0.15, -0.1) is 0 Å². The van der Waals surface area contributed by atoms with Gasteiger partial charge < -0.3 is 10.2 Å². The maximum atomic E-state index is 12.9. The molecule has 28 heavy (non-hydrogen) atoms. The van der Waals surface area contributed by atoms with Gasteiger partial charge in [0, 0.05) is 41.6 Å². The molecule has 7 heteroatoms. The highest BCUT2D eigenvalue weighted by Crippen LogP contribution is 2.24. The summed E-state index contributed by atoms with van der Waals surface area (Å²) in [6.07, 6.45) is 0.351. The first-order chi connectivity index (χ1) is 13.4. The summed E-state index contributed by atoms with van der Waals surface area (Å²) in [6, 6.07) is 14.7. The molecule has 0 saturated heterocycles. The molecule has 4 nitrogen and oxygen atoms in total. The van der Waals surface area contributed by atoms with Gasteiger partial charge in [0.1, 0.15) is 6.04 Å². The summed E-state index contributed by atoms with van der Waals surface area (Å²) < 4.78 is 0. The Morgan fingerprint density at radius 3 is 2.50 bits per heavy atom. The summed E-state index contributed by atoms with van der Waals surface area (Å²) in [4.78, 5) is 26.6. The Balaban J connectivity index is 2.01. The third kappa shape index (κ3) is 6.73. The van der Waals surface area contributed by atoms with Crippen LogP contribution in [0.25, 0.3) is 0 Å². The van der Waals surface area contributed by atoms with Crippen LogP contribution in [0.5, 0.6) is 0 Å². The van der Waals surface area contributed by atoms with E-state index in [1.54, 1.807) is 48.8 Å². The predicted octanol–water partition coefficient (Wildman–Crippen LogP) is 4.78. The van der Waals surface area contributed by atoms with Crippen molar-refractivity contribution in [3.05, 3.63) is 69.7 Å². The molecule has 0 radical (unpaired) electrons. The number of likely N-dealkylation sites (N-methyl/N-ethyl adjacent to an activating group) is 1. The second-order valence-electron chi connectivity index (χ2n) is 6.34. The van der Waals surface area contributed by atoms with E-state index in [1.807, 2.05) is 18.2 Å². The van der Waals surface area contributed by atoms with Gasteiger partial charge in [-0.1, -0.05) is 59.6 Å². The van der Waals surface area contributed by atoms with Gasteiger partial charge in [-0.2, -0.15) is 11.8 Å². The molecule has 0 spiro atoms. The number of benzene rings is 2. The van der Waals surface area contributed by atoms with Gasteiger partial charge in [0.25, 0.3) is 0 Å². The maximum Gasteiger partial charge on any atom is 0.242 e. The summed E-state index contributed by atoms with van der Waals surface area (Å²) in [7, 11) is 1.56. The third-order valence-electron chi connectivity index (χ3n) is 4.34. The molecule has 1 atom stereocenters. The SMILES string of the molecule is CNC(=O)C(C)N(Cc1ccc(Cl)cc1Cl)C(=O)CCSCc1ccccc1. The summed E-state index contributed by atoms with van der Waals surface area (Å²) in [6.45, 7) is 1.98. The molecule has 150 valence electrons. The molecule has 0 aliphatic rings. The molecule has 0 saturated carbocycles. The molecule has 1 unspecified atom stereocenters. The fraction of sp³-hybridized carbons (Fsp3) is 0.333. The van der Waals surface area contributed by atoms with E-state index in [2.05, 4.69) is 17.4 Å². The van der Waals surface area contributed by atoms with Crippen molar-refractivity contribution < 1.29 is 9.59 Å². The summed E-state index contributed by atoms with van der Waals surface area (Å²) >= 11 is 13.9. The lowest BCUT2D eigenvalue weighted by Gasteiger charge is -2.28. The van der Waals surface area contributed by atoms with E-state index in [4.69, 9.17) is 23.2 Å². The fourth-order valence-corrected chi connectivity index (χ4v) is 4.05. The van der Waals surface area contributed by atoms with Crippen molar-refractivity contribution in [1.29, 1.82) is 0 Å². The molecule has 2 rings (SSSR count). The topological polar surface area (TPSA) is 49.4 Å². The van der Waals surface area contributed by atoms with Crippen LogP contribution in [0, 0.1) is 0 Å². The first kappa shape index (κ1) is 22.6. The first-order valence-corrected chi connectivity index (χ1v) is 10.9. The predicted molar refractivity (Wildman–Crippen MR) is 118 cm³/mol. The molecule has 0 fully saturated rings. The van der Waals surface area contributed by atoms with E-state index in [0.29, 0.717) is 22.2 Å². The molecular formula is C21H24Cl2N2O2S. The lowest BCUT2D eigenvalue weighted by molar-refractivity contribution is -0.140. The first-order valence-electron chi connectivity index (χ1n) is 8.99. The standard InChI is InChI=1S/C21H24Cl2N2O2S/c1-15(21(27)24-2)25(13-17-8-9-18(22)12-19(17)23)20(26)10-11-28-14-16-6-4-3-5-7-16/h3-9,12,15H,10-11,13-14H2,1-2H3,(H,24,27). The quantitative estimate of drug-likeness (QED) is 0.572. The van der Waals surface area contributed by atoms with Gasteiger partial charge in [-0.05, 0) is 30.2 Å². The molecular weight excluding hydrogens is 415 g/mol. The number of rotatable bonds is 9. The van der Waals surface area contributed by atoms with E-state index >= 15 is 0 Å². The Hall–Kier alpha value is -1.69. The Bertz CT molecular complexity index is 802. The minimum atomic E-state index is -0.594. The lowest BCUT2D eigenvalue weighted by atomic mass is 10.1. The highest BCUT2D eigenvalue weighted by molar-refractivity contribution is 7.98. The number of thioether (sulfide) groups is 1. The van der Waals surface area contributed by atoms with Crippen LogP contribution in [0.2, 0.25) is 10.0 Å². The van der Waals surface area contributed by atoms with E-state index < -0.39 is 6.04 Å². The normalized spacial score (nSPS) is 11.7. The second-order valence-corrected chi connectivity index (χ2v) is 8.28. The molecule has 1 N–H and O–H groups in total. The summed E-state index contributed by atoms with van der Waals surface area (Å²) in [5.41, 5.74) is 1.98. The van der Waals surface area contributed by atoms with Gasteiger partial charge in [0.2, 0.25) is 11.8 Å². The van der Waals surface area contributed by atoms with Crippen LogP contribution < -0.4 is 5.32 Å². The monoisotopic (exact) mass is 438 g/mol. The zero-order valence-electron chi connectivity index (χ0n) is 16.0. The van der Waals surface area contributed by atoms with Gasteiger partial charge >= 0.3 is 0 Å². The maximum absolute atomic E-state index is 12.9. The van der Waals surface area contributed by atoms with Crippen molar-refractivity contribution in [2.45, 2.75) is 31.7 Å². The number of nitrogens with one attached hydrogen (secondary N) is 1. The Morgan fingerprint density at radius 2 is 1.86 bits per heavy atom. The third-order valence-corrected chi connectivity index (χ3v) is 5.96. The number of nitrogens with zero attached hydrogens (tertiary/aromatic N) is 1. The van der Waals surface area contributed by atoms with Gasteiger partial charge in [-0.3, -0.25) is 9.59 Å². The molecule has 2 amide bonds. The number of amides is 2.